The Kier molecular flexibility index (Phi) is 8.15. The first-order chi connectivity index (χ1) is 21.0. The highest BCUT2D eigenvalue weighted by molar-refractivity contribution is 5.96. The van der Waals surface area contributed by atoms with Crippen LogP contribution in [0.3, 0.4) is 0 Å². The second-order valence-electron chi connectivity index (χ2n) is 10.4. The van der Waals surface area contributed by atoms with E-state index in [2.05, 4.69) is 31.6 Å². The Balaban J connectivity index is 1.08. The number of fused-ring (bicyclic) bond motifs is 2. The molecule has 0 radical (unpaired) electrons. The van der Waals surface area contributed by atoms with Gasteiger partial charge in [0.1, 0.15) is 18.0 Å². The predicted molar refractivity (Wildman–Crippen MR) is 166 cm³/mol. The molecule has 2 heterocycles. The highest BCUT2D eigenvalue weighted by atomic mass is 19.1. The minimum Gasteiger partial charge on any atom is -0.493 e. The van der Waals surface area contributed by atoms with Gasteiger partial charge in [-0.25, -0.2) is 14.4 Å². The SMILES string of the molecule is COc1cc2c(cc1OC)CN(CCNC(=O)c1ccc(-c3ccc4ncnc(Nc5cccc(F)c5)c4c3)cc1)CC2. The zero-order valence-corrected chi connectivity index (χ0v) is 24.1. The molecular weight excluding hydrogens is 545 g/mol. The van der Waals surface area contributed by atoms with Crippen molar-refractivity contribution >= 4 is 28.3 Å². The standard InChI is InChI=1S/C34H32FN5O3/c1-42-31-17-25-12-14-40(20-26(25)18-32(31)43-2)15-13-36-34(41)23-8-6-22(7-9-23)24-10-11-30-29(16-24)33(38-21-37-30)39-28-5-3-4-27(35)19-28/h3-11,16-19,21H,12-15,20H2,1-2H3,(H,36,41)(H,37,38,39). The van der Waals surface area contributed by atoms with Crippen LogP contribution in [0.25, 0.3) is 22.0 Å². The number of carbonyl (C=O) groups excluding carboxylic acids is 1. The first-order valence-corrected chi connectivity index (χ1v) is 14.1. The number of ether oxygens (including phenoxy) is 2. The fraction of sp³-hybridized carbons (Fsp3) is 0.206. The molecule has 0 saturated carbocycles. The number of carbonyl (C=O) groups is 1. The van der Waals surface area contributed by atoms with E-state index in [1.165, 1.54) is 29.6 Å². The van der Waals surface area contributed by atoms with Crippen molar-refractivity contribution in [2.24, 2.45) is 0 Å². The quantitative estimate of drug-likeness (QED) is 0.223. The Morgan fingerprint density at radius 3 is 2.44 bits per heavy atom. The summed E-state index contributed by atoms with van der Waals surface area (Å²) in [6.45, 7) is 3.03. The van der Waals surface area contributed by atoms with Gasteiger partial charge in [-0.3, -0.25) is 9.69 Å². The molecule has 9 heteroatoms. The summed E-state index contributed by atoms with van der Waals surface area (Å²) in [5.41, 5.74) is 6.38. The number of methoxy groups -OCH3 is 2. The molecule has 0 atom stereocenters. The molecule has 4 aromatic carbocycles. The number of rotatable bonds is 9. The van der Waals surface area contributed by atoms with Crippen LogP contribution in [0.1, 0.15) is 21.5 Å². The summed E-state index contributed by atoms with van der Waals surface area (Å²) in [7, 11) is 3.30. The Morgan fingerprint density at radius 2 is 1.67 bits per heavy atom. The molecule has 6 rings (SSSR count). The lowest BCUT2D eigenvalue weighted by atomic mass is 9.99. The van der Waals surface area contributed by atoms with E-state index in [9.17, 15) is 9.18 Å². The lowest BCUT2D eigenvalue weighted by Gasteiger charge is -2.29. The normalized spacial score (nSPS) is 12.9. The summed E-state index contributed by atoms with van der Waals surface area (Å²) >= 11 is 0. The maximum Gasteiger partial charge on any atom is 0.251 e. The van der Waals surface area contributed by atoms with Gasteiger partial charge in [0.05, 0.1) is 19.7 Å². The number of amides is 1. The number of nitrogens with one attached hydrogen (secondary N) is 2. The molecule has 1 aliphatic heterocycles. The second kappa shape index (κ2) is 12.5. The predicted octanol–water partition coefficient (Wildman–Crippen LogP) is 5.98. The molecule has 0 bridgehead atoms. The van der Waals surface area contributed by atoms with Gasteiger partial charge in [0.15, 0.2) is 11.5 Å². The average molecular weight is 578 g/mol. The summed E-state index contributed by atoms with van der Waals surface area (Å²) in [5.74, 6) is 1.64. The lowest BCUT2D eigenvalue weighted by Crippen LogP contribution is -2.37. The van der Waals surface area contributed by atoms with Crippen molar-refractivity contribution in [3.8, 4) is 22.6 Å². The number of aromatic nitrogens is 2. The van der Waals surface area contributed by atoms with Crippen LogP contribution in [-0.2, 0) is 13.0 Å². The van der Waals surface area contributed by atoms with Crippen molar-refractivity contribution < 1.29 is 18.7 Å². The molecule has 43 heavy (non-hydrogen) atoms. The molecular formula is C34H32FN5O3. The summed E-state index contributed by atoms with van der Waals surface area (Å²) in [6, 6.07) is 23.8. The van der Waals surface area contributed by atoms with Crippen molar-refractivity contribution in [3.63, 3.8) is 0 Å². The molecule has 0 spiro atoms. The van der Waals surface area contributed by atoms with Crippen LogP contribution in [0.2, 0.25) is 0 Å². The number of hydrogen-bond acceptors (Lipinski definition) is 7. The zero-order chi connectivity index (χ0) is 29.8. The molecule has 0 aliphatic carbocycles. The van der Waals surface area contributed by atoms with Gasteiger partial charge >= 0.3 is 0 Å². The Morgan fingerprint density at radius 1 is 0.907 bits per heavy atom. The van der Waals surface area contributed by atoms with Crippen LogP contribution in [-0.4, -0.2) is 54.6 Å². The highest BCUT2D eigenvalue weighted by Gasteiger charge is 2.19. The van der Waals surface area contributed by atoms with Gasteiger partial charge in [-0.15, -0.1) is 0 Å². The third-order valence-electron chi connectivity index (χ3n) is 7.71. The fourth-order valence-electron chi connectivity index (χ4n) is 5.41. The topological polar surface area (TPSA) is 88.6 Å². The van der Waals surface area contributed by atoms with Gasteiger partial charge in [0.2, 0.25) is 0 Å². The van der Waals surface area contributed by atoms with Crippen LogP contribution in [0.15, 0.2) is 85.2 Å². The Bertz CT molecular complexity index is 1780. The number of nitrogens with zero attached hydrogens (tertiary/aromatic N) is 3. The van der Waals surface area contributed by atoms with E-state index in [0.717, 1.165) is 59.6 Å². The zero-order valence-electron chi connectivity index (χ0n) is 24.1. The number of hydrogen-bond donors (Lipinski definition) is 2. The maximum absolute atomic E-state index is 13.7. The van der Waals surface area contributed by atoms with Crippen molar-refractivity contribution in [3.05, 3.63) is 108 Å². The van der Waals surface area contributed by atoms with E-state index in [1.807, 2.05) is 48.5 Å². The molecule has 1 aliphatic rings. The summed E-state index contributed by atoms with van der Waals surface area (Å²) in [6.07, 6.45) is 2.41. The molecule has 8 nitrogen and oxygen atoms in total. The lowest BCUT2D eigenvalue weighted by molar-refractivity contribution is 0.0947. The van der Waals surface area contributed by atoms with Crippen LogP contribution in [0.5, 0.6) is 11.5 Å². The van der Waals surface area contributed by atoms with Crippen LogP contribution >= 0.6 is 0 Å². The highest BCUT2D eigenvalue weighted by Crippen LogP contribution is 2.33. The number of halogens is 1. The maximum atomic E-state index is 13.7. The van der Waals surface area contributed by atoms with Crippen LogP contribution < -0.4 is 20.1 Å². The summed E-state index contributed by atoms with van der Waals surface area (Å²) in [5, 5.41) is 7.05. The molecule has 218 valence electrons. The summed E-state index contributed by atoms with van der Waals surface area (Å²) in [4.78, 5) is 24.0. The molecule has 1 aromatic heterocycles. The van der Waals surface area contributed by atoms with Gasteiger partial charge in [0, 0.05) is 42.8 Å². The van der Waals surface area contributed by atoms with E-state index >= 15 is 0 Å². The molecule has 0 unspecified atom stereocenters. The van der Waals surface area contributed by atoms with E-state index in [1.54, 1.807) is 26.4 Å². The van der Waals surface area contributed by atoms with Crippen molar-refractivity contribution in [1.29, 1.82) is 0 Å². The van der Waals surface area contributed by atoms with Crippen molar-refractivity contribution in [2.45, 2.75) is 13.0 Å². The van der Waals surface area contributed by atoms with E-state index in [0.29, 0.717) is 23.6 Å². The Hall–Kier alpha value is -5.02. The van der Waals surface area contributed by atoms with E-state index in [-0.39, 0.29) is 11.7 Å². The molecule has 0 saturated heterocycles. The number of benzene rings is 4. The Labute approximate surface area is 249 Å². The van der Waals surface area contributed by atoms with Gasteiger partial charge in [-0.2, -0.15) is 0 Å². The molecule has 2 N–H and O–H groups in total. The van der Waals surface area contributed by atoms with E-state index < -0.39 is 0 Å². The largest absolute Gasteiger partial charge is 0.493 e. The number of anilines is 2. The monoisotopic (exact) mass is 577 g/mol. The fourth-order valence-corrected chi connectivity index (χ4v) is 5.41. The van der Waals surface area contributed by atoms with Gasteiger partial charge in [-0.1, -0.05) is 24.3 Å². The first kappa shape index (κ1) is 28.1. The van der Waals surface area contributed by atoms with Gasteiger partial charge in [0.25, 0.3) is 5.91 Å². The van der Waals surface area contributed by atoms with Gasteiger partial charge < -0.3 is 20.1 Å². The van der Waals surface area contributed by atoms with E-state index in [4.69, 9.17) is 9.47 Å². The summed E-state index contributed by atoms with van der Waals surface area (Å²) < 4.78 is 24.6. The van der Waals surface area contributed by atoms with Crippen molar-refractivity contribution in [2.75, 3.05) is 39.2 Å². The first-order valence-electron chi connectivity index (χ1n) is 14.1. The van der Waals surface area contributed by atoms with Crippen molar-refractivity contribution in [1.82, 2.24) is 20.2 Å². The third kappa shape index (κ3) is 6.27. The van der Waals surface area contributed by atoms with Crippen LogP contribution in [0.4, 0.5) is 15.9 Å². The molecule has 0 fully saturated rings. The van der Waals surface area contributed by atoms with Gasteiger partial charge in [-0.05, 0) is 83.3 Å². The minimum atomic E-state index is -0.326. The second-order valence-corrected chi connectivity index (χ2v) is 10.4. The smallest absolute Gasteiger partial charge is 0.251 e. The minimum absolute atomic E-state index is 0.108. The third-order valence-corrected chi connectivity index (χ3v) is 7.71. The molecule has 5 aromatic rings. The van der Waals surface area contributed by atoms with Crippen LogP contribution in [0, 0.1) is 5.82 Å². The average Bonchev–Trinajstić information content (AvgIpc) is 3.04. The molecule has 1 amide bonds.